The molecule has 2 aliphatic rings. The molecule has 3 aromatic heterocycles. The molecule has 1 saturated carbocycles. The molecule has 12 nitrogen and oxygen atoms in total. The number of hydrogen-bond donors (Lipinski definition) is 0. The normalized spacial score (nSPS) is 17.7. The molecule has 1 aromatic carbocycles. The van der Waals surface area contributed by atoms with Crippen LogP contribution in [0.2, 0.25) is 10.0 Å². The van der Waals surface area contributed by atoms with E-state index in [1.165, 1.54) is 36.0 Å². The van der Waals surface area contributed by atoms with Gasteiger partial charge in [-0.1, -0.05) is 34.4 Å². The van der Waals surface area contributed by atoms with Gasteiger partial charge in [0.15, 0.2) is 23.9 Å². The van der Waals surface area contributed by atoms with E-state index in [0.29, 0.717) is 21.4 Å². The quantitative estimate of drug-likeness (QED) is 0.104. The van der Waals surface area contributed by atoms with Crippen LogP contribution in [-0.2, 0) is 26.0 Å². The lowest BCUT2D eigenvalue weighted by Gasteiger charge is -2.26. The van der Waals surface area contributed by atoms with Crippen LogP contribution in [0.3, 0.4) is 0 Å². The molecule has 0 N–H and O–H groups in total. The van der Waals surface area contributed by atoms with Crippen molar-refractivity contribution in [2.24, 2.45) is 5.92 Å². The van der Waals surface area contributed by atoms with E-state index >= 15 is 0 Å². The summed E-state index contributed by atoms with van der Waals surface area (Å²) in [5.74, 6) is -0.751. The number of aryl methyl sites for hydroxylation is 1. The van der Waals surface area contributed by atoms with Gasteiger partial charge in [0.2, 0.25) is 10.0 Å². The predicted octanol–water partition coefficient (Wildman–Crippen LogP) is 5.45. The van der Waals surface area contributed by atoms with E-state index in [0.717, 1.165) is 35.7 Å². The van der Waals surface area contributed by atoms with Gasteiger partial charge in [0.1, 0.15) is 27.1 Å². The Morgan fingerprint density at radius 2 is 1.96 bits per heavy atom. The summed E-state index contributed by atoms with van der Waals surface area (Å²) in [6, 6.07) is 4.24. The minimum Gasteiger partial charge on any atom is -0.619 e. The molecule has 2 fully saturated rings. The lowest BCUT2D eigenvalue weighted by Crippen LogP contribution is -2.43. The van der Waals surface area contributed by atoms with Crippen molar-refractivity contribution in [2.45, 2.75) is 49.8 Å². The number of hydrogen-bond acceptors (Lipinski definition) is 11. The van der Waals surface area contributed by atoms with Crippen molar-refractivity contribution in [3.63, 3.8) is 0 Å². The van der Waals surface area contributed by atoms with E-state index in [2.05, 4.69) is 14.9 Å². The molecule has 18 heteroatoms. The summed E-state index contributed by atoms with van der Waals surface area (Å²) >= 11 is 13.9. The van der Waals surface area contributed by atoms with Crippen molar-refractivity contribution in [1.82, 2.24) is 14.4 Å². The molecular formula is C29H26Cl2F2N4O8S2. The number of sulfonamides is 1. The average Bonchev–Trinajstić information content (AvgIpc) is 3.57. The number of benzene rings is 1. The lowest BCUT2D eigenvalue weighted by atomic mass is 10.0. The first-order valence-electron chi connectivity index (χ1n) is 14.2. The lowest BCUT2D eigenvalue weighted by molar-refractivity contribution is -0.605. The molecule has 4 aromatic rings. The zero-order chi connectivity index (χ0) is 33.5. The maximum absolute atomic E-state index is 13.8. The summed E-state index contributed by atoms with van der Waals surface area (Å²) in [4.78, 5) is 17.7. The zero-order valence-corrected chi connectivity index (χ0v) is 27.6. The maximum Gasteiger partial charge on any atom is 0.387 e. The number of fused-ring (bicyclic) bond motifs is 1. The van der Waals surface area contributed by atoms with Gasteiger partial charge >= 0.3 is 12.6 Å². The second-order valence-electron chi connectivity index (χ2n) is 11.0. The van der Waals surface area contributed by atoms with Crippen LogP contribution in [0.1, 0.15) is 35.8 Å². The summed E-state index contributed by atoms with van der Waals surface area (Å²) in [5.41, 5.74) is 1.18. The number of thioether (sulfide) groups is 1. The number of esters is 1. The fraction of sp³-hybridized carbons (Fsp3) is 0.379. The molecule has 6 rings (SSSR count). The van der Waals surface area contributed by atoms with Gasteiger partial charge in [0.25, 0.3) is 5.71 Å². The van der Waals surface area contributed by atoms with Crippen LogP contribution in [0.25, 0.3) is 11.1 Å². The summed E-state index contributed by atoms with van der Waals surface area (Å²) in [7, 11) is -4.24. The molecule has 0 amide bonds. The predicted molar refractivity (Wildman–Crippen MR) is 166 cm³/mol. The standard InChI is InChI=1S/C29H26Cl2F2N4O8S2/c1-15-19-7-18(9-34-27(19)45-35-15)47(40,41)37-14-46-13-23(37)28(38)43-25(8-20-21(30)10-36(39)11-22(20)31)17-4-5-24(44-29(32)33)26(6-17)42-12-16-2-3-16/h4-7,9-11,16,23,25,29H,2-3,8,12-14H2,1H3/t23-,25+/m1/s1. The van der Waals surface area contributed by atoms with Crippen molar-refractivity contribution in [2.75, 3.05) is 18.2 Å². The van der Waals surface area contributed by atoms with E-state index in [1.54, 1.807) is 6.92 Å². The van der Waals surface area contributed by atoms with Crippen molar-refractivity contribution >= 4 is 62.1 Å². The van der Waals surface area contributed by atoms with Gasteiger partial charge in [-0.2, -0.15) is 17.8 Å². The fourth-order valence-corrected chi connectivity index (χ4v) is 8.63. The van der Waals surface area contributed by atoms with Crippen LogP contribution in [0.15, 0.2) is 52.3 Å². The first kappa shape index (κ1) is 33.5. The summed E-state index contributed by atoms with van der Waals surface area (Å²) in [6.07, 6.45) is 3.85. The number of pyridine rings is 2. The Bertz CT molecular complexity index is 1910. The van der Waals surface area contributed by atoms with E-state index in [4.69, 9.17) is 37.2 Å². The number of alkyl halides is 2. The molecule has 1 aliphatic carbocycles. The van der Waals surface area contributed by atoms with Crippen molar-refractivity contribution < 1.29 is 45.5 Å². The topological polar surface area (TPSA) is 148 Å². The Hall–Kier alpha value is -3.44. The van der Waals surface area contributed by atoms with Gasteiger partial charge in [0.05, 0.1) is 29.8 Å². The molecule has 47 heavy (non-hydrogen) atoms. The van der Waals surface area contributed by atoms with Crippen LogP contribution in [0.5, 0.6) is 11.5 Å². The van der Waals surface area contributed by atoms with Gasteiger partial charge in [-0.15, -0.1) is 11.8 Å². The van der Waals surface area contributed by atoms with Gasteiger partial charge in [-0.05, 0) is 49.4 Å². The molecule has 0 unspecified atom stereocenters. The number of halogens is 4. The first-order chi connectivity index (χ1) is 22.4. The van der Waals surface area contributed by atoms with Gasteiger partial charge in [-0.25, -0.2) is 13.4 Å². The van der Waals surface area contributed by atoms with Gasteiger partial charge < -0.3 is 23.9 Å². The number of carbonyl (C=O) groups is 1. The van der Waals surface area contributed by atoms with Crippen molar-refractivity contribution in [3.8, 4) is 11.5 Å². The largest absolute Gasteiger partial charge is 0.619 e. The molecule has 250 valence electrons. The molecule has 0 spiro atoms. The van der Waals surface area contributed by atoms with Crippen LogP contribution in [0.4, 0.5) is 8.78 Å². The van der Waals surface area contributed by atoms with Crippen molar-refractivity contribution in [1.29, 1.82) is 0 Å². The third-order valence-electron chi connectivity index (χ3n) is 7.64. The Labute approximate surface area is 281 Å². The Morgan fingerprint density at radius 3 is 2.66 bits per heavy atom. The van der Waals surface area contributed by atoms with Crippen LogP contribution >= 0.6 is 35.0 Å². The summed E-state index contributed by atoms with van der Waals surface area (Å²) < 4.78 is 76.8. The Kier molecular flexibility index (Phi) is 9.67. The third-order valence-corrected chi connectivity index (χ3v) is 11.3. The minimum absolute atomic E-state index is 0.00551. The molecular weight excluding hydrogens is 705 g/mol. The summed E-state index contributed by atoms with van der Waals surface area (Å²) in [6.45, 7) is -1.20. The number of carbonyl (C=O) groups excluding carboxylic acids is 1. The monoisotopic (exact) mass is 730 g/mol. The summed E-state index contributed by atoms with van der Waals surface area (Å²) in [5, 5.41) is 16.1. The molecule has 2 atom stereocenters. The van der Waals surface area contributed by atoms with E-state index in [1.807, 2.05) is 0 Å². The highest BCUT2D eigenvalue weighted by atomic mass is 35.5. The first-order valence-corrected chi connectivity index (χ1v) is 17.6. The smallest absolute Gasteiger partial charge is 0.387 e. The third kappa shape index (κ3) is 7.36. The highest BCUT2D eigenvalue weighted by molar-refractivity contribution is 8.00. The van der Waals surface area contributed by atoms with Crippen LogP contribution in [0, 0.1) is 18.0 Å². The Balaban J connectivity index is 1.32. The Morgan fingerprint density at radius 1 is 1.21 bits per heavy atom. The van der Waals surface area contributed by atoms with E-state index in [9.17, 15) is 27.2 Å². The zero-order valence-electron chi connectivity index (χ0n) is 24.5. The average molecular weight is 732 g/mol. The van der Waals surface area contributed by atoms with Crippen LogP contribution < -0.4 is 14.2 Å². The molecule has 1 aliphatic heterocycles. The number of nitrogens with zero attached hydrogens (tertiary/aromatic N) is 4. The fourth-order valence-electron chi connectivity index (χ4n) is 4.93. The second-order valence-corrected chi connectivity index (χ2v) is 14.7. The molecule has 0 radical (unpaired) electrons. The van der Waals surface area contributed by atoms with Crippen molar-refractivity contribution in [3.05, 3.63) is 74.9 Å². The highest BCUT2D eigenvalue weighted by Gasteiger charge is 2.42. The van der Waals surface area contributed by atoms with E-state index in [-0.39, 0.29) is 68.3 Å². The van der Waals surface area contributed by atoms with Gasteiger partial charge in [-0.3, -0.25) is 4.79 Å². The number of aromatic nitrogens is 3. The number of rotatable bonds is 12. The molecule has 4 heterocycles. The SMILES string of the molecule is Cc1noc2ncc(S(=O)(=O)N3CSC[C@@H]3C(=O)O[C@@H](Cc3c(Cl)c[n+]([O-])cc3Cl)c3ccc(OC(F)F)c(OCC4CC4)c3)cc12. The highest BCUT2D eigenvalue weighted by Crippen LogP contribution is 2.39. The van der Waals surface area contributed by atoms with Crippen LogP contribution in [-0.4, -0.2) is 59.7 Å². The number of ether oxygens (including phenoxy) is 3. The minimum atomic E-state index is -4.24. The molecule has 1 saturated heterocycles. The maximum atomic E-state index is 13.8. The molecule has 0 bridgehead atoms. The van der Waals surface area contributed by atoms with Gasteiger partial charge in [0, 0.05) is 17.7 Å². The second kappa shape index (κ2) is 13.6. The van der Waals surface area contributed by atoms with E-state index < -0.39 is 34.7 Å².